The zero-order chi connectivity index (χ0) is 15.0. The summed E-state index contributed by atoms with van der Waals surface area (Å²) < 4.78 is 15.4. The molecule has 0 saturated heterocycles. The summed E-state index contributed by atoms with van der Waals surface area (Å²) >= 11 is 0. The van der Waals surface area contributed by atoms with E-state index >= 15 is 0 Å². The van der Waals surface area contributed by atoms with Crippen molar-refractivity contribution in [2.45, 2.75) is 19.4 Å². The molecule has 0 saturated carbocycles. The number of para-hydroxylation sites is 1. The smallest absolute Gasteiger partial charge is 0.123 e. The van der Waals surface area contributed by atoms with Crippen LogP contribution in [0.25, 0.3) is 10.9 Å². The van der Waals surface area contributed by atoms with Crippen LogP contribution in [0.4, 0.5) is 4.39 Å². The molecule has 3 aromatic rings. The first kappa shape index (κ1) is 13.8. The third-order valence-electron chi connectivity index (χ3n) is 3.74. The molecule has 0 bridgehead atoms. The molecule has 0 amide bonds. The Balaban J connectivity index is 1.94. The lowest BCUT2D eigenvalue weighted by atomic mass is 9.99. The van der Waals surface area contributed by atoms with E-state index in [0.717, 1.165) is 27.7 Å². The Bertz CT molecular complexity index is 772. The van der Waals surface area contributed by atoms with Gasteiger partial charge in [-0.15, -0.1) is 0 Å². The number of aryl methyl sites for hydroxylation is 2. The quantitative estimate of drug-likeness (QED) is 0.801. The summed E-state index contributed by atoms with van der Waals surface area (Å²) in [5, 5.41) is 5.64. The van der Waals surface area contributed by atoms with Crippen molar-refractivity contribution in [2.24, 2.45) is 12.8 Å². The van der Waals surface area contributed by atoms with Crippen LogP contribution in [0, 0.1) is 12.7 Å². The van der Waals surface area contributed by atoms with Gasteiger partial charge in [0, 0.05) is 24.9 Å². The molecule has 1 heterocycles. The topological polar surface area (TPSA) is 43.8 Å². The van der Waals surface area contributed by atoms with E-state index in [2.05, 4.69) is 5.10 Å². The van der Waals surface area contributed by atoms with Crippen molar-refractivity contribution in [2.75, 3.05) is 0 Å². The van der Waals surface area contributed by atoms with Crippen molar-refractivity contribution < 1.29 is 4.39 Å². The molecule has 1 aromatic heterocycles. The van der Waals surface area contributed by atoms with Gasteiger partial charge in [-0.05, 0) is 36.2 Å². The fourth-order valence-corrected chi connectivity index (χ4v) is 2.74. The van der Waals surface area contributed by atoms with Crippen molar-refractivity contribution in [3.05, 3.63) is 65.1 Å². The van der Waals surface area contributed by atoms with Crippen LogP contribution in [0.1, 0.15) is 22.9 Å². The Morgan fingerprint density at radius 1 is 1.24 bits per heavy atom. The molecule has 3 rings (SSSR count). The number of rotatable bonds is 3. The number of aromatic nitrogens is 2. The maximum absolute atomic E-state index is 13.5. The van der Waals surface area contributed by atoms with E-state index in [0.29, 0.717) is 6.42 Å². The summed E-state index contributed by atoms with van der Waals surface area (Å²) in [6, 6.07) is 12.7. The van der Waals surface area contributed by atoms with E-state index < -0.39 is 0 Å². The van der Waals surface area contributed by atoms with E-state index in [9.17, 15) is 4.39 Å². The normalized spacial score (nSPS) is 12.8. The maximum atomic E-state index is 13.5. The summed E-state index contributed by atoms with van der Waals surface area (Å²) in [5.41, 5.74) is 9.96. The molecule has 21 heavy (non-hydrogen) atoms. The number of hydrogen-bond acceptors (Lipinski definition) is 2. The van der Waals surface area contributed by atoms with Crippen LogP contribution < -0.4 is 5.73 Å². The minimum atomic E-state index is -0.266. The second-order valence-electron chi connectivity index (χ2n) is 5.46. The molecule has 2 N–H and O–H groups in total. The highest BCUT2D eigenvalue weighted by Gasteiger charge is 2.14. The number of fused-ring (bicyclic) bond motifs is 1. The van der Waals surface area contributed by atoms with Gasteiger partial charge in [0.05, 0.1) is 11.2 Å². The van der Waals surface area contributed by atoms with Crippen molar-refractivity contribution in [1.29, 1.82) is 0 Å². The van der Waals surface area contributed by atoms with Gasteiger partial charge in [-0.1, -0.05) is 24.3 Å². The van der Waals surface area contributed by atoms with E-state index in [4.69, 9.17) is 5.73 Å². The lowest BCUT2D eigenvalue weighted by molar-refractivity contribution is 0.615. The van der Waals surface area contributed by atoms with E-state index in [1.165, 1.54) is 12.1 Å². The lowest BCUT2D eigenvalue weighted by Gasteiger charge is -2.12. The number of hydrogen-bond donors (Lipinski definition) is 1. The summed E-state index contributed by atoms with van der Waals surface area (Å²) in [6.45, 7) is 1.87. The number of halogens is 1. The van der Waals surface area contributed by atoms with Gasteiger partial charge < -0.3 is 5.73 Å². The van der Waals surface area contributed by atoms with Gasteiger partial charge in [-0.3, -0.25) is 4.68 Å². The van der Waals surface area contributed by atoms with Gasteiger partial charge in [-0.2, -0.15) is 5.10 Å². The number of benzene rings is 2. The summed E-state index contributed by atoms with van der Waals surface area (Å²) in [5.74, 6) is -0.244. The molecule has 0 aliphatic heterocycles. The minimum absolute atomic E-state index is 0.244. The Kier molecular flexibility index (Phi) is 3.47. The van der Waals surface area contributed by atoms with Crippen LogP contribution in [0.5, 0.6) is 0 Å². The molecular formula is C17H18FN3. The zero-order valence-electron chi connectivity index (χ0n) is 12.2. The van der Waals surface area contributed by atoms with Crippen molar-refractivity contribution in [1.82, 2.24) is 9.78 Å². The molecule has 108 valence electrons. The average molecular weight is 283 g/mol. The average Bonchev–Trinajstić information content (AvgIpc) is 2.75. The monoisotopic (exact) mass is 283 g/mol. The second kappa shape index (κ2) is 5.30. The van der Waals surface area contributed by atoms with Gasteiger partial charge >= 0.3 is 0 Å². The molecule has 0 fully saturated rings. The third kappa shape index (κ3) is 2.67. The second-order valence-corrected chi connectivity index (χ2v) is 5.46. The Morgan fingerprint density at radius 3 is 2.76 bits per heavy atom. The van der Waals surface area contributed by atoms with Gasteiger partial charge in [0.1, 0.15) is 5.82 Å². The Hall–Kier alpha value is -2.20. The molecule has 2 aromatic carbocycles. The first-order chi connectivity index (χ1) is 10.0. The number of nitrogens with two attached hydrogens (primary N) is 1. The highest BCUT2D eigenvalue weighted by atomic mass is 19.1. The molecule has 3 nitrogen and oxygen atoms in total. The first-order valence-electron chi connectivity index (χ1n) is 6.98. The van der Waals surface area contributed by atoms with Crippen molar-refractivity contribution in [3.63, 3.8) is 0 Å². The predicted molar refractivity (Wildman–Crippen MR) is 82.5 cm³/mol. The highest BCUT2D eigenvalue weighted by Crippen LogP contribution is 2.23. The summed E-state index contributed by atoms with van der Waals surface area (Å²) in [7, 11) is 1.92. The molecule has 0 aliphatic rings. The Labute approximate surface area is 123 Å². The van der Waals surface area contributed by atoms with Crippen LogP contribution in [-0.4, -0.2) is 9.78 Å². The highest BCUT2D eigenvalue weighted by molar-refractivity contribution is 5.81. The van der Waals surface area contributed by atoms with Crippen LogP contribution in [0.2, 0.25) is 0 Å². The molecule has 1 atom stereocenters. The van der Waals surface area contributed by atoms with Gasteiger partial charge in [-0.25, -0.2) is 4.39 Å². The zero-order valence-corrected chi connectivity index (χ0v) is 12.2. The standard InChI is InChI=1S/C17H18FN3/c1-11-7-12(9-13(18)8-11)15(19)10-16-14-5-3-4-6-17(14)21(2)20-16/h3-9,15H,10,19H2,1-2H3. The molecular weight excluding hydrogens is 265 g/mol. The first-order valence-corrected chi connectivity index (χ1v) is 6.98. The third-order valence-corrected chi connectivity index (χ3v) is 3.74. The van der Waals surface area contributed by atoms with E-state index in [-0.39, 0.29) is 11.9 Å². The van der Waals surface area contributed by atoms with E-state index in [1.807, 2.05) is 49.0 Å². The Morgan fingerprint density at radius 2 is 2.00 bits per heavy atom. The molecule has 4 heteroatoms. The van der Waals surface area contributed by atoms with Crippen LogP contribution in [0.15, 0.2) is 42.5 Å². The molecule has 0 radical (unpaired) electrons. The van der Waals surface area contributed by atoms with Crippen molar-refractivity contribution >= 4 is 10.9 Å². The van der Waals surface area contributed by atoms with E-state index in [1.54, 1.807) is 0 Å². The fraction of sp³-hybridized carbons (Fsp3) is 0.235. The molecule has 1 unspecified atom stereocenters. The maximum Gasteiger partial charge on any atom is 0.123 e. The predicted octanol–water partition coefficient (Wildman–Crippen LogP) is 3.26. The SMILES string of the molecule is Cc1cc(F)cc(C(N)Cc2nn(C)c3ccccc23)c1. The minimum Gasteiger partial charge on any atom is -0.324 e. The fourth-order valence-electron chi connectivity index (χ4n) is 2.74. The molecule has 0 aliphatic carbocycles. The van der Waals surface area contributed by atoms with Gasteiger partial charge in [0.25, 0.3) is 0 Å². The molecule has 0 spiro atoms. The van der Waals surface area contributed by atoms with Gasteiger partial charge in [0.2, 0.25) is 0 Å². The largest absolute Gasteiger partial charge is 0.324 e. The number of nitrogens with zero attached hydrogens (tertiary/aromatic N) is 2. The lowest BCUT2D eigenvalue weighted by Crippen LogP contribution is -2.14. The summed E-state index contributed by atoms with van der Waals surface area (Å²) in [4.78, 5) is 0. The van der Waals surface area contributed by atoms with Crippen LogP contribution in [0.3, 0.4) is 0 Å². The van der Waals surface area contributed by atoms with Crippen LogP contribution in [-0.2, 0) is 13.5 Å². The summed E-state index contributed by atoms with van der Waals surface area (Å²) in [6.07, 6.45) is 0.588. The van der Waals surface area contributed by atoms with Gasteiger partial charge in [0.15, 0.2) is 0 Å². The van der Waals surface area contributed by atoms with Crippen LogP contribution >= 0.6 is 0 Å². The van der Waals surface area contributed by atoms with Crippen molar-refractivity contribution in [3.8, 4) is 0 Å².